The molecule has 30 heavy (non-hydrogen) atoms. The molecule has 0 saturated heterocycles. The summed E-state index contributed by atoms with van der Waals surface area (Å²) in [5, 5.41) is 19.2. The van der Waals surface area contributed by atoms with E-state index in [0.29, 0.717) is 41.3 Å². The van der Waals surface area contributed by atoms with Crippen LogP contribution in [-0.2, 0) is 14.9 Å². The van der Waals surface area contributed by atoms with Gasteiger partial charge >= 0.3 is 5.97 Å². The number of aromatic hydroxyl groups is 1. The number of benzene rings is 2. The standard InChI is InChI=1S/C24H30N2O4/c1-16(2)23(28)30-13-7-12-29-19-14-20(24(4,5)6)22(27)21(15-19)26-25-18-10-8-17(3)9-11-18/h8-11,14-15,27H,1,7,12-13H2,2-6H3. The molecule has 0 spiro atoms. The molecule has 0 radical (unpaired) electrons. The molecular formula is C24H30N2O4. The van der Waals surface area contributed by atoms with Crippen LogP contribution in [-0.4, -0.2) is 24.3 Å². The summed E-state index contributed by atoms with van der Waals surface area (Å²) in [5.41, 5.74) is 2.94. The Morgan fingerprint density at radius 3 is 2.37 bits per heavy atom. The summed E-state index contributed by atoms with van der Waals surface area (Å²) in [6, 6.07) is 11.1. The van der Waals surface area contributed by atoms with E-state index in [2.05, 4.69) is 16.8 Å². The minimum absolute atomic E-state index is 0.0844. The maximum atomic E-state index is 11.4. The van der Waals surface area contributed by atoms with Gasteiger partial charge in [-0.05, 0) is 37.5 Å². The lowest BCUT2D eigenvalue weighted by molar-refractivity contribution is -0.139. The fourth-order valence-electron chi connectivity index (χ4n) is 2.58. The number of phenolic OH excluding ortho intramolecular Hbond substituents is 1. The average molecular weight is 411 g/mol. The molecule has 0 bridgehead atoms. The molecule has 0 saturated carbocycles. The zero-order valence-electron chi connectivity index (χ0n) is 18.4. The Labute approximate surface area is 178 Å². The highest BCUT2D eigenvalue weighted by molar-refractivity contribution is 5.86. The minimum Gasteiger partial charge on any atom is -0.505 e. The zero-order chi connectivity index (χ0) is 22.3. The number of carbonyl (C=O) groups excluding carboxylic acids is 1. The lowest BCUT2D eigenvalue weighted by atomic mass is 9.86. The number of carbonyl (C=O) groups is 1. The topological polar surface area (TPSA) is 80.5 Å². The molecule has 0 aromatic heterocycles. The molecule has 0 aliphatic heterocycles. The Balaban J connectivity index is 2.16. The molecule has 2 aromatic carbocycles. The van der Waals surface area contributed by atoms with Crippen molar-refractivity contribution in [3.05, 3.63) is 59.7 Å². The molecular weight excluding hydrogens is 380 g/mol. The predicted octanol–water partition coefficient (Wildman–Crippen LogP) is 6.30. The maximum Gasteiger partial charge on any atom is 0.333 e. The van der Waals surface area contributed by atoms with Crippen LogP contribution in [0.3, 0.4) is 0 Å². The normalized spacial score (nSPS) is 11.5. The molecule has 0 heterocycles. The van der Waals surface area contributed by atoms with Crippen LogP contribution in [0, 0.1) is 6.92 Å². The third-order valence-electron chi connectivity index (χ3n) is 4.32. The molecule has 2 rings (SSSR count). The monoisotopic (exact) mass is 410 g/mol. The largest absolute Gasteiger partial charge is 0.505 e. The summed E-state index contributed by atoms with van der Waals surface area (Å²) >= 11 is 0. The number of aryl methyl sites for hydroxylation is 1. The number of rotatable bonds is 8. The van der Waals surface area contributed by atoms with Crippen molar-refractivity contribution in [2.24, 2.45) is 10.2 Å². The first-order chi connectivity index (χ1) is 14.1. The van der Waals surface area contributed by atoms with Crippen molar-refractivity contribution in [2.45, 2.75) is 46.5 Å². The number of azo groups is 1. The molecule has 1 N–H and O–H groups in total. The average Bonchev–Trinajstić information content (AvgIpc) is 2.67. The van der Waals surface area contributed by atoms with Crippen LogP contribution in [0.2, 0.25) is 0 Å². The van der Waals surface area contributed by atoms with Crippen LogP contribution in [0.4, 0.5) is 11.4 Å². The van der Waals surface area contributed by atoms with Crippen LogP contribution in [0.1, 0.15) is 45.2 Å². The number of hydrogen-bond acceptors (Lipinski definition) is 6. The summed E-state index contributed by atoms with van der Waals surface area (Å²) in [4.78, 5) is 11.4. The van der Waals surface area contributed by atoms with Crippen molar-refractivity contribution in [1.29, 1.82) is 0 Å². The van der Waals surface area contributed by atoms with E-state index in [1.54, 1.807) is 19.1 Å². The van der Waals surface area contributed by atoms with Crippen molar-refractivity contribution in [2.75, 3.05) is 13.2 Å². The van der Waals surface area contributed by atoms with Gasteiger partial charge in [0.1, 0.15) is 17.2 Å². The minimum atomic E-state index is -0.409. The fraction of sp³-hybridized carbons (Fsp3) is 0.375. The first-order valence-electron chi connectivity index (χ1n) is 9.89. The van der Waals surface area contributed by atoms with Crippen LogP contribution >= 0.6 is 0 Å². The van der Waals surface area contributed by atoms with Crippen LogP contribution in [0.5, 0.6) is 11.5 Å². The molecule has 6 heteroatoms. The van der Waals surface area contributed by atoms with Gasteiger partial charge in [0.05, 0.1) is 18.9 Å². The molecule has 0 fully saturated rings. The molecule has 0 aliphatic carbocycles. The number of ether oxygens (including phenoxy) is 2. The van der Waals surface area contributed by atoms with Crippen LogP contribution in [0.25, 0.3) is 0 Å². The second-order valence-corrected chi connectivity index (χ2v) is 8.24. The quantitative estimate of drug-likeness (QED) is 0.240. The van der Waals surface area contributed by atoms with Gasteiger partial charge in [0.2, 0.25) is 0 Å². The Bertz CT molecular complexity index is 925. The van der Waals surface area contributed by atoms with Crippen molar-refractivity contribution < 1.29 is 19.4 Å². The van der Waals surface area contributed by atoms with E-state index < -0.39 is 5.97 Å². The third-order valence-corrected chi connectivity index (χ3v) is 4.32. The molecule has 6 nitrogen and oxygen atoms in total. The van der Waals surface area contributed by atoms with Crippen LogP contribution in [0.15, 0.2) is 58.8 Å². The van der Waals surface area contributed by atoms with E-state index in [9.17, 15) is 9.90 Å². The highest BCUT2D eigenvalue weighted by Gasteiger charge is 2.22. The van der Waals surface area contributed by atoms with E-state index in [1.807, 2.05) is 52.0 Å². The van der Waals surface area contributed by atoms with Gasteiger partial charge in [-0.2, -0.15) is 5.11 Å². The van der Waals surface area contributed by atoms with Gasteiger partial charge < -0.3 is 14.6 Å². The van der Waals surface area contributed by atoms with E-state index >= 15 is 0 Å². The van der Waals surface area contributed by atoms with Gasteiger partial charge in [-0.3, -0.25) is 0 Å². The SMILES string of the molecule is C=C(C)C(=O)OCCCOc1cc(N=Nc2ccc(C)cc2)c(O)c(C(C)(C)C)c1. The first kappa shape index (κ1) is 23.1. The van der Waals surface area contributed by atoms with E-state index in [4.69, 9.17) is 9.47 Å². The highest BCUT2D eigenvalue weighted by atomic mass is 16.5. The highest BCUT2D eigenvalue weighted by Crippen LogP contribution is 2.41. The Morgan fingerprint density at radius 2 is 1.77 bits per heavy atom. The Kier molecular flexibility index (Phi) is 7.75. The number of phenols is 1. The van der Waals surface area contributed by atoms with Crippen LogP contribution < -0.4 is 4.74 Å². The summed E-state index contributed by atoms with van der Waals surface area (Å²) in [6.45, 7) is 13.8. The molecule has 0 aliphatic rings. The van der Waals surface area contributed by atoms with E-state index in [1.165, 1.54) is 0 Å². The van der Waals surface area contributed by atoms with E-state index in [0.717, 1.165) is 5.56 Å². The summed E-state index contributed by atoms with van der Waals surface area (Å²) in [5.74, 6) is 0.247. The first-order valence-corrected chi connectivity index (χ1v) is 9.89. The van der Waals surface area contributed by atoms with Crippen molar-refractivity contribution >= 4 is 17.3 Å². The van der Waals surface area contributed by atoms with Gasteiger partial charge in [-0.1, -0.05) is 45.0 Å². The molecule has 2 aromatic rings. The Morgan fingerprint density at radius 1 is 1.10 bits per heavy atom. The van der Waals surface area contributed by atoms with Gasteiger partial charge in [0, 0.05) is 23.6 Å². The maximum absolute atomic E-state index is 11.4. The molecule has 0 unspecified atom stereocenters. The zero-order valence-corrected chi connectivity index (χ0v) is 18.4. The fourth-order valence-corrected chi connectivity index (χ4v) is 2.58. The molecule has 160 valence electrons. The summed E-state index contributed by atoms with van der Waals surface area (Å²) in [6.07, 6.45) is 0.533. The second-order valence-electron chi connectivity index (χ2n) is 8.24. The number of hydrogen-bond donors (Lipinski definition) is 1. The van der Waals surface area contributed by atoms with Gasteiger partial charge in [-0.25, -0.2) is 4.79 Å². The second kappa shape index (κ2) is 10.1. The Hall–Kier alpha value is -3.15. The molecule has 0 atom stereocenters. The third kappa shape index (κ3) is 6.72. The lowest BCUT2D eigenvalue weighted by Crippen LogP contribution is -2.12. The van der Waals surface area contributed by atoms with Gasteiger partial charge in [0.15, 0.2) is 0 Å². The van der Waals surface area contributed by atoms with Gasteiger partial charge in [-0.15, -0.1) is 5.11 Å². The van der Waals surface area contributed by atoms with Crippen molar-refractivity contribution in [1.82, 2.24) is 0 Å². The number of esters is 1. The van der Waals surface area contributed by atoms with Crippen molar-refractivity contribution in [3.8, 4) is 11.5 Å². The summed E-state index contributed by atoms with van der Waals surface area (Å²) in [7, 11) is 0. The number of nitrogens with zero attached hydrogens (tertiary/aromatic N) is 2. The smallest absolute Gasteiger partial charge is 0.333 e. The molecule has 0 amide bonds. The predicted molar refractivity (Wildman–Crippen MR) is 118 cm³/mol. The van der Waals surface area contributed by atoms with Gasteiger partial charge in [0.25, 0.3) is 0 Å². The summed E-state index contributed by atoms with van der Waals surface area (Å²) < 4.78 is 10.9. The van der Waals surface area contributed by atoms with Crippen molar-refractivity contribution in [3.63, 3.8) is 0 Å². The lowest BCUT2D eigenvalue weighted by Gasteiger charge is -2.22. The van der Waals surface area contributed by atoms with E-state index in [-0.39, 0.29) is 17.8 Å².